The molecule has 1 aromatic heterocycles. The Bertz CT molecular complexity index is 812. The van der Waals surface area contributed by atoms with Crippen molar-refractivity contribution in [2.24, 2.45) is 0 Å². The maximum atomic E-state index is 12.3. The summed E-state index contributed by atoms with van der Waals surface area (Å²) >= 11 is 0. The van der Waals surface area contributed by atoms with Gasteiger partial charge in [-0.2, -0.15) is 0 Å². The second-order valence-corrected chi connectivity index (χ2v) is 8.13. The molecule has 0 aliphatic carbocycles. The molecular formula is C22H33N5O3+2. The molecule has 0 saturated carbocycles. The average molecular weight is 416 g/mol. The molecule has 4 N–H and O–H groups in total. The molecule has 30 heavy (non-hydrogen) atoms. The average Bonchev–Trinajstić information content (AvgIpc) is 3.27. The van der Waals surface area contributed by atoms with Gasteiger partial charge in [0.2, 0.25) is 0 Å². The van der Waals surface area contributed by atoms with Gasteiger partial charge in [0, 0.05) is 25.3 Å². The van der Waals surface area contributed by atoms with Gasteiger partial charge in [-0.15, -0.1) is 0 Å². The van der Waals surface area contributed by atoms with E-state index in [0.717, 1.165) is 31.9 Å². The summed E-state index contributed by atoms with van der Waals surface area (Å²) in [4.78, 5) is 29.5. The molecule has 2 aromatic rings. The molecule has 1 fully saturated rings. The van der Waals surface area contributed by atoms with Gasteiger partial charge < -0.3 is 29.8 Å². The van der Waals surface area contributed by atoms with Crippen LogP contribution in [0, 0.1) is 0 Å². The van der Waals surface area contributed by atoms with Crippen LogP contribution in [0.3, 0.4) is 0 Å². The largest absolute Gasteiger partial charge is 0.467 e. The molecule has 1 aliphatic rings. The highest BCUT2D eigenvalue weighted by molar-refractivity contribution is 6.35. The topological polar surface area (TPSA) is 83.5 Å². The lowest BCUT2D eigenvalue weighted by Gasteiger charge is -2.33. The fourth-order valence-corrected chi connectivity index (χ4v) is 3.78. The third-order valence-corrected chi connectivity index (χ3v) is 5.73. The number of likely N-dealkylation sites (N-methyl/N-ethyl adjacent to an activating group) is 1. The summed E-state index contributed by atoms with van der Waals surface area (Å²) in [6.07, 6.45) is 1.54. The molecule has 8 nitrogen and oxygen atoms in total. The smallest absolute Gasteiger partial charge is 0.309 e. The van der Waals surface area contributed by atoms with Crippen LogP contribution in [0.2, 0.25) is 0 Å². The number of carbonyl (C=O) groups is 2. The van der Waals surface area contributed by atoms with Crippen molar-refractivity contribution in [3.05, 3.63) is 54.0 Å². The zero-order valence-corrected chi connectivity index (χ0v) is 18.0. The van der Waals surface area contributed by atoms with Crippen LogP contribution in [-0.4, -0.2) is 65.7 Å². The Morgan fingerprint density at radius 3 is 2.30 bits per heavy atom. The molecule has 8 heteroatoms. The normalized spacial score (nSPS) is 19.7. The molecule has 2 heterocycles. The predicted molar refractivity (Wildman–Crippen MR) is 114 cm³/mol. The molecule has 162 valence electrons. The minimum atomic E-state index is -0.647. The van der Waals surface area contributed by atoms with E-state index in [4.69, 9.17) is 4.42 Å². The summed E-state index contributed by atoms with van der Waals surface area (Å²) in [5.41, 5.74) is 2.31. The number of benzene rings is 1. The fraction of sp³-hybridized carbons (Fsp3) is 0.455. The molecule has 0 bridgehead atoms. The van der Waals surface area contributed by atoms with Crippen LogP contribution < -0.4 is 25.3 Å². The summed E-state index contributed by atoms with van der Waals surface area (Å²) in [7, 11) is 6.24. The first-order valence-corrected chi connectivity index (χ1v) is 10.5. The number of anilines is 1. The van der Waals surface area contributed by atoms with E-state index in [9.17, 15) is 9.59 Å². The lowest BCUT2D eigenvalue weighted by atomic mass is 10.0. The Morgan fingerprint density at radius 1 is 1.03 bits per heavy atom. The highest BCUT2D eigenvalue weighted by Gasteiger charge is 2.30. The first-order chi connectivity index (χ1) is 14.4. The highest BCUT2D eigenvalue weighted by atomic mass is 16.3. The fourth-order valence-electron chi connectivity index (χ4n) is 3.78. The standard InChI is InChI=1S/C22H31N5O3/c1-25(2)18-8-6-17(7-9-18)20(27-12-10-26(3)11-13-27)16-24-22(29)21(28)23-15-19-5-4-14-30-19/h4-9,14,20H,10-13,15-16H2,1-3H3,(H,23,28)(H,24,29)/p+2/t20-/m0/s1. The predicted octanol–water partition coefficient (Wildman–Crippen LogP) is -1.77. The molecule has 1 atom stereocenters. The minimum Gasteiger partial charge on any atom is -0.467 e. The number of amides is 2. The van der Waals surface area contributed by atoms with Crippen LogP contribution >= 0.6 is 0 Å². The molecule has 0 unspecified atom stereocenters. The van der Waals surface area contributed by atoms with Crippen molar-refractivity contribution in [2.45, 2.75) is 12.6 Å². The first kappa shape index (κ1) is 21.9. The van der Waals surface area contributed by atoms with Gasteiger partial charge in [-0.25, -0.2) is 0 Å². The number of hydrogen-bond donors (Lipinski definition) is 4. The molecule has 1 saturated heterocycles. The molecular weight excluding hydrogens is 382 g/mol. The zero-order chi connectivity index (χ0) is 21.5. The van der Waals surface area contributed by atoms with Crippen LogP contribution in [0.5, 0.6) is 0 Å². The Morgan fingerprint density at radius 2 is 1.70 bits per heavy atom. The van der Waals surface area contributed by atoms with Gasteiger partial charge in [0.25, 0.3) is 0 Å². The van der Waals surface area contributed by atoms with Crippen LogP contribution in [0.1, 0.15) is 17.4 Å². The van der Waals surface area contributed by atoms with E-state index in [1.54, 1.807) is 12.1 Å². The van der Waals surface area contributed by atoms with E-state index >= 15 is 0 Å². The summed E-state index contributed by atoms with van der Waals surface area (Å²) < 4.78 is 5.18. The number of carbonyl (C=O) groups excluding carboxylic acids is 2. The maximum absolute atomic E-state index is 12.3. The Hall–Kier alpha value is -2.84. The number of quaternary nitrogens is 2. The minimum absolute atomic E-state index is 0.108. The lowest BCUT2D eigenvalue weighted by Crippen LogP contribution is -3.27. The van der Waals surface area contributed by atoms with Gasteiger partial charge in [0.05, 0.1) is 26.4 Å². The van der Waals surface area contributed by atoms with Crippen LogP contribution in [0.25, 0.3) is 0 Å². The van der Waals surface area contributed by atoms with Gasteiger partial charge in [0.1, 0.15) is 38.0 Å². The van der Waals surface area contributed by atoms with E-state index in [1.165, 1.54) is 21.6 Å². The van der Waals surface area contributed by atoms with E-state index in [0.29, 0.717) is 12.3 Å². The molecule has 3 rings (SSSR count). The van der Waals surface area contributed by atoms with Crippen LogP contribution in [0.4, 0.5) is 5.69 Å². The second kappa shape index (κ2) is 10.3. The number of piperazine rings is 1. The number of nitrogens with zero attached hydrogens (tertiary/aromatic N) is 1. The Kier molecular flexibility index (Phi) is 7.48. The van der Waals surface area contributed by atoms with E-state index in [2.05, 4.69) is 46.8 Å². The van der Waals surface area contributed by atoms with Crippen molar-refractivity contribution in [2.75, 3.05) is 58.8 Å². The Labute approximate surface area is 177 Å². The summed E-state index contributed by atoms with van der Waals surface area (Å²) in [6.45, 7) is 4.88. The van der Waals surface area contributed by atoms with Gasteiger partial charge in [-0.1, -0.05) is 12.1 Å². The lowest BCUT2D eigenvalue weighted by molar-refractivity contribution is -1.02. The van der Waals surface area contributed by atoms with Gasteiger partial charge in [-0.3, -0.25) is 9.59 Å². The summed E-state index contributed by atoms with van der Waals surface area (Å²) in [5, 5.41) is 5.43. The van der Waals surface area contributed by atoms with Crippen molar-refractivity contribution in [1.82, 2.24) is 10.6 Å². The van der Waals surface area contributed by atoms with E-state index in [1.807, 2.05) is 14.1 Å². The van der Waals surface area contributed by atoms with Crippen molar-refractivity contribution < 1.29 is 23.8 Å². The molecule has 1 aliphatic heterocycles. The maximum Gasteiger partial charge on any atom is 0.309 e. The van der Waals surface area contributed by atoms with Crippen molar-refractivity contribution in [3.63, 3.8) is 0 Å². The number of hydrogen-bond acceptors (Lipinski definition) is 4. The third kappa shape index (κ3) is 5.84. The second-order valence-electron chi connectivity index (χ2n) is 8.13. The molecule has 2 amide bonds. The van der Waals surface area contributed by atoms with Crippen molar-refractivity contribution in [3.8, 4) is 0 Å². The van der Waals surface area contributed by atoms with Crippen molar-refractivity contribution in [1.29, 1.82) is 0 Å². The van der Waals surface area contributed by atoms with Gasteiger partial charge in [-0.05, 0) is 24.3 Å². The zero-order valence-electron chi connectivity index (χ0n) is 18.0. The van der Waals surface area contributed by atoms with E-state index < -0.39 is 11.8 Å². The van der Waals surface area contributed by atoms with Crippen LogP contribution in [0.15, 0.2) is 47.1 Å². The first-order valence-electron chi connectivity index (χ1n) is 10.5. The van der Waals surface area contributed by atoms with Crippen LogP contribution in [-0.2, 0) is 16.1 Å². The molecule has 0 spiro atoms. The monoisotopic (exact) mass is 415 g/mol. The quantitative estimate of drug-likeness (QED) is 0.404. The Balaban J connectivity index is 1.62. The molecule has 0 radical (unpaired) electrons. The SMILES string of the molecule is CN(C)c1ccc([C@H](CNC(=O)C(=O)NCc2ccco2)[NH+]2CC[NH+](C)CC2)cc1. The number of nitrogens with one attached hydrogen (secondary N) is 4. The summed E-state index contributed by atoms with van der Waals surface area (Å²) in [6, 6.07) is 12.1. The van der Waals surface area contributed by atoms with Crippen molar-refractivity contribution >= 4 is 17.5 Å². The summed E-state index contributed by atoms with van der Waals surface area (Å²) in [5.74, 6) is -0.652. The van der Waals surface area contributed by atoms with Gasteiger partial charge >= 0.3 is 11.8 Å². The highest BCUT2D eigenvalue weighted by Crippen LogP contribution is 2.16. The number of furan rings is 1. The van der Waals surface area contributed by atoms with Gasteiger partial charge in [0.15, 0.2) is 0 Å². The van der Waals surface area contributed by atoms with E-state index in [-0.39, 0.29) is 12.6 Å². The third-order valence-electron chi connectivity index (χ3n) is 5.73. The number of rotatable bonds is 7. The molecule has 1 aromatic carbocycles.